The van der Waals surface area contributed by atoms with Gasteiger partial charge < -0.3 is 15.7 Å². The largest absolute Gasteiger partial charge is 0.325 e. The monoisotopic (exact) mass is 229 g/mol. The molecule has 4 nitrogen and oxygen atoms in total. The molecule has 0 bridgehead atoms. The summed E-state index contributed by atoms with van der Waals surface area (Å²) >= 11 is 0. The van der Waals surface area contributed by atoms with E-state index in [0.717, 1.165) is 30.5 Å². The fourth-order valence-corrected chi connectivity index (χ4v) is 2.13. The summed E-state index contributed by atoms with van der Waals surface area (Å²) in [6, 6.07) is 8.07. The maximum Gasteiger partial charge on any atom is 0.323 e. The Balaban J connectivity index is 2.01. The van der Waals surface area contributed by atoms with Crippen molar-refractivity contribution in [3.8, 4) is 11.3 Å². The molecule has 1 aliphatic carbocycles. The molecule has 4 N–H and O–H groups in total. The Morgan fingerprint density at radius 2 is 2.06 bits per heavy atom. The van der Waals surface area contributed by atoms with E-state index in [1.165, 1.54) is 5.56 Å². The number of nitrogens with two attached hydrogens (primary N) is 1. The van der Waals surface area contributed by atoms with Crippen LogP contribution in [0.2, 0.25) is 0 Å². The predicted octanol–water partition coefficient (Wildman–Crippen LogP) is 1.40. The quantitative estimate of drug-likeness (QED) is 0.744. The lowest BCUT2D eigenvalue weighted by molar-refractivity contribution is 0.673. The van der Waals surface area contributed by atoms with Crippen molar-refractivity contribution in [3.05, 3.63) is 46.5 Å². The number of hydrogen-bond acceptors (Lipinski definition) is 2. The zero-order chi connectivity index (χ0) is 11.9. The maximum absolute atomic E-state index is 11.1. The van der Waals surface area contributed by atoms with Gasteiger partial charge in [-0.1, -0.05) is 24.3 Å². The van der Waals surface area contributed by atoms with Gasteiger partial charge in [0, 0.05) is 17.3 Å². The van der Waals surface area contributed by atoms with E-state index >= 15 is 0 Å². The van der Waals surface area contributed by atoms with Crippen molar-refractivity contribution in [2.75, 3.05) is 0 Å². The molecule has 1 fully saturated rings. The van der Waals surface area contributed by atoms with E-state index < -0.39 is 0 Å². The SMILES string of the molecule is NC1(Cc2ccccc2-c2c[nH]c(=O)[nH]2)CC1. The minimum Gasteiger partial charge on any atom is -0.325 e. The first-order valence-electron chi connectivity index (χ1n) is 5.81. The molecule has 1 heterocycles. The lowest BCUT2D eigenvalue weighted by Crippen LogP contribution is -2.24. The second kappa shape index (κ2) is 3.60. The summed E-state index contributed by atoms with van der Waals surface area (Å²) in [6.07, 6.45) is 4.75. The van der Waals surface area contributed by atoms with Gasteiger partial charge in [0.05, 0.1) is 5.69 Å². The van der Waals surface area contributed by atoms with E-state index in [1.54, 1.807) is 6.20 Å². The van der Waals surface area contributed by atoms with E-state index in [1.807, 2.05) is 18.2 Å². The van der Waals surface area contributed by atoms with Crippen LogP contribution in [0, 0.1) is 0 Å². The molecule has 0 atom stereocenters. The summed E-state index contributed by atoms with van der Waals surface area (Å²) in [5, 5.41) is 0. The van der Waals surface area contributed by atoms with Gasteiger partial charge in [0.2, 0.25) is 0 Å². The fraction of sp³-hybridized carbons (Fsp3) is 0.308. The van der Waals surface area contributed by atoms with Gasteiger partial charge in [-0.15, -0.1) is 0 Å². The molecule has 0 saturated heterocycles. The van der Waals surface area contributed by atoms with Gasteiger partial charge in [-0.05, 0) is 24.8 Å². The highest BCUT2D eigenvalue weighted by Crippen LogP contribution is 2.37. The van der Waals surface area contributed by atoms with Crippen LogP contribution < -0.4 is 11.4 Å². The Morgan fingerprint density at radius 1 is 1.29 bits per heavy atom. The van der Waals surface area contributed by atoms with Crippen molar-refractivity contribution in [2.45, 2.75) is 24.8 Å². The number of aromatic amines is 2. The number of rotatable bonds is 3. The average Bonchev–Trinajstić information content (AvgIpc) is 2.87. The smallest absolute Gasteiger partial charge is 0.323 e. The molecule has 17 heavy (non-hydrogen) atoms. The van der Waals surface area contributed by atoms with Crippen LogP contribution in [0.25, 0.3) is 11.3 Å². The van der Waals surface area contributed by atoms with E-state index in [2.05, 4.69) is 16.0 Å². The molecule has 4 heteroatoms. The van der Waals surface area contributed by atoms with Crippen LogP contribution in [0.5, 0.6) is 0 Å². The molecule has 1 saturated carbocycles. The van der Waals surface area contributed by atoms with Crippen molar-refractivity contribution in [3.63, 3.8) is 0 Å². The standard InChI is InChI=1S/C13H15N3O/c14-13(5-6-13)7-9-3-1-2-4-10(9)11-8-15-12(17)16-11/h1-4,8H,5-7,14H2,(H2,15,16,17). The summed E-state index contributed by atoms with van der Waals surface area (Å²) in [4.78, 5) is 16.6. The molecule has 0 radical (unpaired) electrons. The van der Waals surface area contributed by atoms with Gasteiger partial charge in [0.25, 0.3) is 0 Å². The predicted molar refractivity (Wildman–Crippen MR) is 66.7 cm³/mol. The molecule has 3 rings (SSSR count). The third kappa shape index (κ3) is 2.03. The molecular weight excluding hydrogens is 214 g/mol. The Kier molecular flexibility index (Phi) is 2.19. The second-order valence-electron chi connectivity index (χ2n) is 4.85. The van der Waals surface area contributed by atoms with E-state index in [0.29, 0.717) is 0 Å². The highest BCUT2D eigenvalue weighted by molar-refractivity contribution is 5.63. The number of imidazole rings is 1. The lowest BCUT2D eigenvalue weighted by atomic mass is 9.98. The minimum absolute atomic E-state index is 0.0211. The Bertz CT molecular complexity index is 592. The number of H-pyrrole nitrogens is 2. The van der Waals surface area contributed by atoms with Gasteiger partial charge in [-0.25, -0.2) is 4.79 Å². The maximum atomic E-state index is 11.1. The second-order valence-corrected chi connectivity index (χ2v) is 4.85. The molecule has 88 valence electrons. The minimum atomic E-state index is -0.177. The molecular formula is C13H15N3O. The first kappa shape index (κ1) is 10.4. The number of benzene rings is 1. The molecule has 2 aromatic rings. The highest BCUT2D eigenvalue weighted by Gasteiger charge is 2.38. The lowest BCUT2D eigenvalue weighted by Gasteiger charge is -2.12. The van der Waals surface area contributed by atoms with Crippen LogP contribution in [-0.2, 0) is 6.42 Å². The van der Waals surface area contributed by atoms with Gasteiger partial charge in [-0.3, -0.25) is 0 Å². The first-order valence-corrected chi connectivity index (χ1v) is 5.81. The Morgan fingerprint density at radius 3 is 2.71 bits per heavy atom. The third-order valence-corrected chi connectivity index (χ3v) is 3.34. The van der Waals surface area contributed by atoms with Crippen LogP contribution in [0.15, 0.2) is 35.3 Å². The van der Waals surface area contributed by atoms with Crippen molar-refractivity contribution in [1.29, 1.82) is 0 Å². The zero-order valence-corrected chi connectivity index (χ0v) is 9.49. The highest BCUT2D eigenvalue weighted by atomic mass is 16.1. The van der Waals surface area contributed by atoms with Gasteiger partial charge in [-0.2, -0.15) is 0 Å². The van der Waals surface area contributed by atoms with Crippen molar-refractivity contribution in [2.24, 2.45) is 5.73 Å². The summed E-state index contributed by atoms with van der Waals surface area (Å²) in [5.41, 5.74) is 9.04. The van der Waals surface area contributed by atoms with Crippen LogP contribution in [0.3, 0.4) is 0 Å². The first-order chi connectivity index (χ1) is 8.16. The molecule has 0 spiro atoms. The molecule has 0 aliphatic heterocycles. The van der Waals surface area contributed by atoms with Crippen LogP contribution >= 0.6 is 0 Å². The third-order valence-electron chi connectivity index (χ3n) is 3.34. The van der Waals surface area contributed by atoms with Gasteiger partial charge in [0.15, 0.2) is 0 Å². The summed E-state index contributed by atoms with van der Waals surface area (Å²) in [7, 11) is 0. The van der Waals surface area contributed by atoms with E-state index in [-0.39, 0.29) is 11.2 Å². The normalized spacial score (nSPS) is 17.0. The van der Waals surface area contributed by atoms with Crippen molar-refractivity contribution in [1.82, 2.24) is 9.97 Å². The number of hydrogen-bond donors (Lipinski definition) is 3. The zero-order valence-electron chi connectivity index (χ0n) is 9.49. The summed E-state index contributed by atoms with van der Waals surface area (Å²) < 4.78 is 0. The molecule has 1 aromatic heterocycles. The average molecular weight is 229 g/mol. The van der Waals surface area contributed by atoms with Crippen molar-refractivity contribution < 1.29 is 0 Å². The Labute approximate surface area is 98.9 Å². The number of nitrogens with one attached hydrogen (secondary N) is 2. The number of aromatic nitrogens is 2. The topological polar surface area (TPSA) is 74.7 Å². The molecule has 0 amide bonds. The molecule has 1 aliphatic rings. The Hall–Kier alpha value is -1.81. The van der Waals surface area contributed by atoms with Crippen LogP contribution in [-0.4, -0.2) is 15.5 Å². The van der Waals surface area contributed by atoms with Crippen LogP contribution in [0.4, 0.5) is 0 Å². The molecule has 0 unspecified atom stereocenters. The molecule has 1 aromatic carbocycles. The van der Waals surface area contributed by atoms with E-state index in [4.69, 9.17) is 5.73 Å². The summed E-state index contributed by atoms with van der Waals surface area (Å²) in [6.45, 7) is 0. The van der Waals surface area contributed by atoms with E-state index in [9.17, 15) is 4.79 Å². The van der Waals surface area contributed by atoms with Gasteiger partial charge >= 0.3 is 5.69 Å². The summed E-state index contributed by atoms with van der Waals surface area (Å²) in [5.74, 6) is 0. The van der Waals surface area contributed by atoms with Gasteiger partial charge in [0.1, 0.15) is 0 Å². The fourth-order valence-electron chi connectivity index (χ4n) is 2.13. The van der Waals surface area contributed by atoms with Crippen molar-refractivity contribution >= 4 is 0 Å². The van der Waals surface area contributed by atoms with Crippen LogP contribution in [0.1, 0.15) is 18.4 Å².